The summed E-state index contributed by atoms with van der Waals surface area (Å²) in [5.41, 5.74) is 4.34. The predicted octanol–water partition coefficient (Wildman–Crippen LogP) is 2.72. The molecule has 0 spiro atoms. The van der Waals surface area contributed by atoms with Crippen LogP contribution in [0.3, 0.4) is 0 Å². The van der Waals surface area contributed by atoms with E-state index < -0.39 is 6.10 Å². The Morgan fingerprint density at radius 2 is 2.00 bits per heavy atom. The van der Waals surface area contributed by atoms with E-state index >= 15 is 0 Å². The Kier molecular flexibility index (Phi) is 3.39. The lowest BCUT2D eigenvalue weighted by atomic mass is 9.95. The van der Waals surface area contributed by atoms with Gasteiger partial charge in [-0.3, -0.25) is 4.79 Å². The molecule has 108 valence electrons. The fraction of sp³-hybridized carbons (Fsp3) is 0.235. The fourth-order valence-corrected chi connectivity index (χ4v) is 2.50. The average Bonchev–Trinajstić information content (AvgIpc) is 2.48. The van der Waals surface area contributed by atoms with Gasteiger partial charge in [0, 0.05) is 0 Å². The number of aliphatic hydroxyl groups excluding tert-OH is 1. The van der Waals surface area contributed by atoms with Gasteiger partial charge in [0.25, 0.3) is 5.91 Å². The number of hydrogen-bond acceptors (Lipinski definition) is 3. The summed E-state index contributed by atoms with van der Waals surface area (Å²) in [6.45, 7) is 4.00. The molecular formula is C17H17NO3. The van der Waals surface area contributed by atoms with Gasteiger partial charge in [-0.25, -0.2) is 0 Å². The van der Waals surface area contributed by atoms with Gasteiger partial charge >= 0.3 is 0 Å². The van der Waals surface area contributed by atoms with E-state index in [9.17, 15) is 9.90 Å². The minimum Gasteiger partial charge on any atom is -0.482 e. The second kappa shape index (κ2) is 5.22. The monoisotopic (exact) mass is 283 g/mol. The van der Waals surface area contributed by atoms with Gasteiger partial charge in [-0.15, -0.1) is 0 Å². The second-order valence-corrected chi connectivity index (χ2v) is 5.36. The van der Waals surface area contributed by atoms with Gasteiger partial charge in [0.15, 0.2) is 6.61 Å². The Morgan fingerprint density at radius 1 is 1.19 bits per heavy atom. The van der Waals surface area contributed by atoms with Crippen LogP contribution in [0.1, 0.15) is 28.4 Å². The number of rotatable bonds is 2. The molecule has 1 aliphatic rings. The van der Waals surface area contributed by atoms with Crippen LogP contribution in [-0.2, 0) is 4.79 Å². The highest BCUT2D eigenvalue weighted by Gasteiger charge is 2.19. The summed E-state index contributed by atoms with van der Waals surface area (Å²) in [5.74, 6) is 0.451. The SMILES string of the molecule is Cc1ccc(C)c(C(O)c2ccc3c(c2)NC(=O)CO3)c1. The molecule has 0 bridgehead atoms. The van der Waals surface area contributed by atoms with E-state index in [0.717, 1.165) is 22.3 Å². The highest BCUT2D eigenvalue weighted by atomic mass is 16.5. The average molecular weight is 283 g/mol. The molecule has 1 unspecified atom stereocenters. The van der Waals surface area contributed by atoms with Crippen molar-refractivity contribution in [1.29, 1.82) is 0 Å². The lowest BCUT2D eigenvalue weighted by Crippen LogP contribution is -2.25. The molecule has 0 saturated carbocycles. The zero-order valence-corrected chi connectivity index (χ0v) is 12.0. The topological polar surface area (TPSA) is 58.6 Å². The Labute approximate surface area is 123 Å². The molecule has 1 aliphatic heterocycles. The summed E-state index contributed by atoms with van der Waals surface area (Å²) in [6, 6.07) is 11.4. The standard InChI is InChI=1S/C17H17NO3/c1-10-3-4-11(2)13(7-10)17(20)12-5-6-15-14(8-12)18-16(19)9-21-15/h3-8,17,20H,9H2,1-2H3,(H,18,19). The van der Waals surface area contributed by atoms with Crippen molar-refractivity contribution in [3.05, 3.63) is 58.7 Å². The van der Waals surface area contributed by atoms with Crippen molar-refractivity contribution in [2.75, 3.05) is 11.9 Å². The Bertz CT molecular complexity index is 709. The van der Waals surface area contributed by atoms with E-state index in [1.807, 2.05) is 38.1 Å². The zero-order chi connectivity index (χ0) is 15.0. The third-order valence-corrected chi connectivity index (χ3v) is 3.68. The maximum atomic E-state index is 11.4. The van der Waals surface area contributed by atoms with Crippen LogP contribution in [0.4, 0.5) is 5.69 Å². The molecule has 4 heteroatoms. The van der Waals surface area contributed by atoms with Gasteiger partial charge in [-0.2, -0.15) is 0 Å². The molecule has 1 amide bonds. The number of benzene rings is 2. The lowest BCUT2D eigenvalue weighted by Gasteiger charge is -2.21. The summed E-state index contributed by atoms with van der Waals surface area (Å²) < 4.78 is 5.33. The van der Waals surface area contributed by atoms with Crippen molar-refractivity contribution in [3.8, 4) is 5.75 Å². The van der Waals surface area contributed by atoms with E-state index in [4.69, 9.17) is 4.74 Å². The molecule has 2 aromatic rings. The number of amides is 1. The van der Waals surface area contributed by atoms with Gasteiger partial charge in [0.05, 0.1) is 5.69 Å². The van der Waals surface area contributed by atoms with Crippen molar-refractivity contribution in [2.24, 2.45) is 0 Å². The predicted molar refractivity (Wildman–Crippen MR) is 80.5 cm³/mol. The smallest absolute Gasteiger partial charge is 0.262 e. The Balaban J connectivity index is 1.98. The molecule has 2 N–H and O–H groups in total. The van der Waals surface area contributed by atoms with E-state index in [0.29, 0.717) is 11.4 Å². The van der Waals surface area contributed by atoms with E-state index in [1.54, 1.807) is 12.1 Å². The summed E-state index contributed by atoms with van der Waals surface area (Å²) >= 11 is 0. The van der Waals surface area contributed by atoms with Gasteiger partial charge in [0.2, 0.25) is 0 Å². The summed E-state index contributed by atoms with van der Waals surface area (Å²) in [6.07, 6.45) is -0.728. The molecule has 3 rings (SSSR count). The number of hydrogen-bond donors (Lipinski definition) is 2. The summed E-state index contributed by atoms with van der Waals surface area (Å²) in [7, 11) is 0. The first-order valence-corrected chi connectivity index (χ1v) is 6.86. The lowest BCUT2D eigenvalue weighted by molar-refractivity contribution is -0.118. The number of carbonyl (C=O) groups is 1. The number of carbonyl (C=O) groups excluding carboxylic acids is 1. The molecule has 21 heavy (non-hydrogen) atoms. The molecule has 1 atom stereocenters. The van der Waals surface area contributed by atoms with Crippen LogP contribution in [0, 0.1) is 13.8 Å². The molecule has 0 aliphatic carbocycles. The first kappa shape index (κ1) is 13.6. The third kappa shape index (κ3) is 2.62. The zero-order valence-electron chi connectivity index (χ0n) is 12.0. The highest BCUT2D eigenvalue weighted by Crippen LogP contribution is 2.33. The van der Waals surface area contributed by atoms with Gasteiger partial charge in [0.1, 0.15) is 11.9 Å². The molecule has 2 aromatic carbocycles. The number of fused-ring (bicyclic) bond motifs is 1. The Morgan fingerprint density at radius 3 is 2.81 bits per heavy atom. The minimum absolute atomic E-state index is 0.0336. The number of aliphatic hydroxyl groups is 1. The van der Waals surface area contributed by atoms with E-state index in [1.165, 1.54) is 0 Å². The highest BCUT2D eigenvalue weighted by molar-refractivity contribution is 5.95. The normalized spacial score (nSPS) is 14.9. The van der Waals surface area contributed by atoms with Gasteiger partial charge in [-0.1, -0.05) is 29.8 Å². The van der Waals surface area contributed by atoms with Crippen LogP contribution >= 0.6 is 0 Å². The molecule has 0 fully saturated rings. The van der Waals surface area contributed by atoms with E-state index in [-0.39, 0.29) is 12.5 Å². The molecule has 1 heterocycles. The first-order chi connectivity index (χ1) is 10.0. The van der Waals surface area contributed by atoms with Crippen LogP contribution in [0.15, 0.2) is 36.4 Å². The Hall–Kier alpha value is -2.33. The first-order valence-electron chi connectivity index (χ1n) is 6.86. The second-order valence-electron chi connectivity index (χ2n) is 5.36. The maximum Gasteiger partial charge on any atom is 0.262 e. The largest absolute Gasteiger partial charge is 0.482 e. The molecular weight excluding hydrogens is 266 g/mol. The van der Waals surface area contributed by atoms with Crippen molar-refractivity contribution in [1.82, 2.24) is 0 Å². The maximum absolute atomic E-state index is 11.4. The number of aryl methyl sites for hydroxylation is 2. The van der Waals surface area contributed by atoms with Gasteiger partial charge < -0.3 is 15.2 Å². The van der Waals surface area contributed by atoms with Crippen LogP contribution in [0.25, 0.3) is 0 Å². The third-order valence-electron chi connectivity index (χ3n) is 3.68. The quantitative estimate of drug-likeness (QED) is 0.891. The van der Waals surface area contributed by atoms with Crippen molar-refractivity contribution >= 4 is 11.6 Å². The fourth-order valence-electron chi connectivity index (χ4n) is 2.50. The minimum atomic E-state index is -0.728. The number of anilines is 1. The summed E-state index contributed by atoms with van der Waals surface area (Å²) in [4.78, 5) is 11.4. The molecule has 4 nitrogen and oxygen atoms in total. The molecule has 0 saturated heterocycles. The number of nitrogens with one attached hydrogen (secondary N) is 1. The van der Waals surface area contributed by atoms with Crippen molar-refractivity contribution in [2.45, 2.75) is 20.0 Å². The van der Waals surface area contributed by atoms with Crippen molar-refractivity contribution in [3.63, 3.8) is 0 Å². The van der Waals surface area contributed by atoms with Crippen LogP contribution in [0.5, 0.6) is 5.75 Å². The van der Waals surface area contributed by atoms with Crippen molar-refractivity contribution < 1.29 is 14.6 Å². The van der Waals surface area contributed by atoms with E-state index in [2.05, 4.69) is 5.32 Å². The molecule has 0 aromatic heterocycles. The van der Waals surface area contributed by atoms with Crippen LogP contribution in [0.2, 0.25) is 0 Å². The molecule has 0 radical (unpaired) electrons. The number of ether oxygens (including phenoxy) is 1. The summed E-state index contributed by atoms with van der Waals surface area (Å²) in [5, 5.41) is 13.4. The van der Waals surface area contributed by atoms with Crippen LogP contribution in [-0.4, -0.2) is 17.6 Å². The van der Waals surface area contributed by atoms with Gasteiger partial charge in [-0.05, 0) is 42.7 Å². The van der Waals surface area contributed by atoms with Crippen LogP contribution < -0.4 is 10.1 Å².